The molecule has 0 fully saturated rings. The summed E-state index contributed by atoms with van der Waals surface area (Å²) in [4.78, 5) is 31.1. The molecule has 0 aliphatic carbocycles. The second-order valence-corrected chi connectivity index (χ2v) is 12.6. The van der Waals surface area contributed by atoms with Crippen LogP contribution in [0.5, 0.6) is 5.75 Å². The van der Waals surface area contributed by atoms with Gasteiger partial charge >= 0.3 is 5.97 Å². The summed E-state index contributed by atoms with van der Waals surface area (Å²) in [5.41, 5.74) is 4.46. The minimum absolute atomic E-state index is 0.0894. The maximum absolute atomic E-state index is 15.6. The van der Waals surface area contributed by atoms with Gasteiger partial charge in [-0.2, -0.15) is 0 Å². The van der Waals surface area contributed by atoms with Crippen molar-refractivity contribution in [3.8, 4) is 16.9 Å². The fraction of sp³-hybridized carbons (Fsp3) is 0.400. The summed E-state index contributed by atoms with van der Waals surface area (Å²) < 4.78 is 29.1. The summed E-state index contributed by atoms with van der Waals surface area (Å²) in [7, 11) is 1.75. The molecule has 2 aromatic heterocycles. The zero-order valence-electron chi connectivity index (χ0n) is 26.4. The van der Waals surface area contributed by atoms with Gasteiger partial charge in [0.05, 0.1) is 12.2 Å². The van der Waals surface area contributed by atoms with Crippen molar-refractivity contribution in [1.82, 2.24) is 14.9 Å². The Morgan fingerprint density at radius 2 is 1.89 bits per heavy atom. The van der Waals surface area contributed by atoms with Crippen molar-refractivity contribution < 1.29 is 28.6 Å². The third kappa shape index (κ3) is 5.93. The highest BCUT2D eigenvalue weighted by molar-refractivity contribution is 6.04. The number of aliphatic carboxylic acids is 1. The van der Waals surface area contributed by atoms with Crippen molar-refractivity contribution >= 4 is 22.9 Å². The smallest absolute Gasteiger partial charge is 0.337 e. The van der Waals surface area contributed by atoms with E-state index in [1.54, 1.807) is 45.4 Å². The average molecular weight is 602 g/mol. The number of nitrogens with one attached hydrogen (secondary N) is 1. The number of carboxylic acid groups (broad SMARTS) is 1. The van der Waals surface area contributed by atoms with Crippen molar-refractivity contribution in [1.29, 1.82) is 0 Å². The number of aromatic nitrogens is 2. The molecule has 0 unspecified atom stereocenters. The van der Waals surface area contributed by atoms with E-state index in [9.17, 15) is 14.7 Å². The third-order valence-corrected chi connectivity index (χ3v) is 8.24. The van der Waals surface area contributed by atoms with Crippen LogP contribution < -0.4 is 10.1 Å². The number of hydrogen-bond donors (Lipinski definition) is 2. The van der Waals surface area contributed by atoms with Gasteiger partial charge in [-0.3, -0.25) is 4.79 Å². The summed E-state index contributed by atoms with van der Waals surface area (Å²) in [5.74, 6) is -1.66. The minimum Gasteiger partial charge on any atom is -0.490 e. The molecule has 2 atom stereocenters. The number of halogens is 1. The zero-order chi connectivity index (χ0) is 31.9. The van der Waals surface area contributed by atoms with Crippen LogP contribution in [0.1, 0.15) is 84.6 Å². The van der Waals surface area contributed by atoms with E-state index < -0.39 is 23.5 Å². The number of benzene rings is 2. The molecule has 1 aliphatic rings. The molecule has 0 bridgehead atoms. The lowest BCUT2D eigenvalue weighted by atomic mass is 9.86. The number of fused-ring (bicyclic) bond motifs is 2. The Morgan fingerprint density at radius 3 is 2.55 bits per heavy atom. The molecule has 44 heavy (non-hydrogen) atoms. The lowest BCUT2D eigenvalue weighted by molar-refractivity contribution is -0.160. The largest absolute Gasteiger partial charge is 0.490 e. The van der Waals surface area contributed by atoms with Gasteiger partial charge in [0.2, 0.25) is 0 Å². The number of carbonyl (C=O) groups excluding carboxylic acids is 1. The Hall–Kier alpha value is -4.24. The van der Waals surface area contributed by atoms with Crippen molar-refractivity contribution in [3.63, 3.8) is 0 Å². The van der Waals surface area contributed by atoms with Crippen LogP contribution in [0.4, 0.5) is 4.39 Å². The second kappa shape index (κ2) is 12.0. The topological polar surface area (TPSA) is 103 Å². The van der Waals surface area contributed by atoms with E-state index in [-0.39, 0.29) is 17.6 Å². The highest BCUT2D eigenvalue weighted by atomic mass is 19.1. The Bertz CT molecular complexity index is 1740. The Balaban J connectivity index is 1.71. The fourth-order valence-corrected chi connectivity index (χ4v) is 6.03. The number of nitrogens with zero attached hydrogens (tertiary/aromatic N) is 2. The van der Waals surface area contributed by atoms with Gasteiger partial charge in [0.15, 0.2) is 17.7 Å². The molecule has 9 heteroatoms. The lowest BCUT2D eigenvalue weighted by Crippen LogP contribution is -2.29. The molecule has 4 aromatic rings. The molecule has 0 saturated carbocycles. The van der Waals surface area contributed by atoms with E-state index in [1.807, 2.05) is 44.2 Å². The monoisotopic (exact) mass is 601 g/mol. The minimum atomic E-state index is -1.39. The molecule has 1 aliphatic heterocycles. The molecule has 2 aromatic carbocycles. The van der Waals surface area contributed by atoms with E-state index in [0.717, 1.165) is 23.1 Å². The highest BCUT2D eigenvalue weighted by Gasteiger charge is 2.35. The summed E-state index contributed by atoms with van der Waals surface area (Å²) >= 11 is 0. The van der Waals surface area contributed by atoms with Crippen LogP contribution in [-0.2, 0) is 23.0 Å². The molecule has 2 N–H and O–H groups in total. The maximum Gasteiger partial charge on any atom is 0.337 e. The quantitative estimate of drug-likeness (QED) is 0.230. The Morgan fingerprint density at radius 1 is 1.18 bits per heavy atom. The Labute approximate surface area is 257 Å². The van der Waals surface area contributed by atoms with E-state index in [4.69, 9.17) is 14.5 Å². The summed E-state index contributed by atoms with van der Waals surface area (Å²) in [6.45, 7) is 11.9. The van der Waals surface area contributed by atoms with Crippen LogP contribution in [0.2, 0.25) is 0 Å². The molecule has 0 spiro atoms. The van der Waals surface area contributed by atoms with Crippen molar-refractivity contribution in [2.24, 2.45) is 7.05 Å². The van der Waals surface area contributed by atoms with Crippen LogP contribution in [0.15, 0.2) is 42.5 Å². The molecule has 8 nitrogen and oxygen atoms in total. The molecular formula is C35H40FN3O5. The first-order valence-corrected chi connectivity index (χ1v) is 15.0. The predicted molar refractivity (Wildman–Crippen MR) is 168 cm³/mol. The summed E-state index contributed by atoms with van der Waals surface area (Å²) in [5, 5.41) is 14.0. The molecule has 0 saturated heterocycles. The van der Waals surface area contributed by atoms with E-state index in [1.165, 1.54) is 6.07 Å². The SMILES string of the molecule is Cc1nc2c(cc(C(=O)NC[C@H](C)c3ccccc3)n2C)c(-c2cc(F)c3c(c2C)CCCO3)c1[C@H](OC(C)(C)C)C(=O)O. The normalized spacial score (nSPS) is 14.5. The van der Waals surface area contributed by atoms with E-state index in [0.29, 0.717) is 58.7 Å². The zero-order valence-corrected chi connectivity index (χ0v) is 26.4. The molecular weight excluding hydrogens is 561 g/mol. The van der Waals surface area contributed by atoms with Gasteiger partial charge in [-0.15, -0.1) is 0 Å². The number of aryl methyl sites for hydroxylation is 2. The summed E-state index contributed by atoms with van der Waals surface area (Å²) in [6.07, 6.45) is -0.00548. The molecule has 3 heterocycles. The third-order valence-electron chi connectivity index (χ3n) is 8.24. The first kappa shape index (κ1) is 31.2. The van der Waals surface area contributed by atoms with E-state index >= 15 is 4.39 Å². The van der Waals surface area contributed by atoms with Crippen molar-refractivity contribution in [2.45, 2.75) is 72.0 Å². The first-order valence-electron chi connectivity index (χ1n) is 15.0. The van der Waals surface area contributed by atoms with Gasteiger partial charge in [-0.1, -0.05) is 37.3 Å². The second-order valence-electron chi connectivity index (χ2n) is 12.6. The number of hydrogen-bond acceptors (Lipinski definition) is 5. The van der Waals surface area contributed by atoms with Crippen LogP contribution in [0, 0.1) is 19.7 Å². The van der Waals surface area contributed by atoms with Gasteiger partial charge in [0, 0.05) is 41.4 Å². The van der Waals surface area contributed by atoms with Gasteiger partial charge in [-0.05, 0) is 82.2 Å². The van der Waals surface area contributed by atoms with Crippen LogP contribution >= 0.6 is 0 Å². The van der Waals surface area contributed by atoms with Crippen LogP contribution in [0.3, 0.4) is 0 Å². The van der Waals surface area contributed by atoms with Crippen LogP contribution in [0.25, 0.3) is 22.2 Å². The van der Waals surface area contributed by atoms with Gasteiger partial charge in [0.1, 0.15) is 11.3 Å². The molecule has 5 rings (SSSR count). The van der Waals surface area contributed by atoms with Crippen LogP contribution in [-0.4, -0.2) is 45.3 Å². The number of ether oxygens (including phenoxy) is 2. The summed E-state index contributed by atoms with van der Waals surface area (Å²) in [6, 6.07) is 13.1. The average Bonchev–Trinajstić information content (AvgIpc) is 3.31. The van der Waals surface area contributed by atoms with Gasteiger partial charge < -0.3 is 24.5 Å². The Kier molecular flexibility index (Phi) is 8.53. The molecule has 0 radical (unpaired) electrons. The number of amides is 1. The molecule has 232 valence electrons. The van der Waals surface area contributed by atoms with Gasteiger partial charge in [-0.25, -0.2) is 14.2 Å². The van der Waals surface area contributed by atoms with Crippen molar-refractivity contribution in [3.05, 3.63) is 81.9 Å². The number of carboxylic acids is 1. The number of rotatable bonds is 8. The predicted octanol–water partition coefficient (Wildman–Crippen LogP) is 6.80. The maximum atomic E-state index is 15.6. The lowest BCUT2D eigenvalue weighted by Gasteiger charge is -2.29. The standard InChI is InChI=1S/C35H40FN3O5/c1-19(22-12-9-8-10-13-22)18-37-33(40)27-17-25-29(24-16-26(36)30-23(20(24)2)14-11-15-43-30)28(21(3)38-32(25)39(27)7)31(34(41)42)44-35(4,5)6/h8-10,12-13,16-17,19,31H,11,14-15,18H2,1-7H3,(H,37,40)(H,41,42)/t19-,31-/m0/s1. The highest BCUT2D eigenvalue weighted by Crippen LogP contribution is 2.44. The first-order chi connectivity index (χ1) is 20.8. The number of pyridine rings is 1. The molecule has 1 amide bonds. The van der Waals surface area contributed by atoms with Crippen molar-refractivity contribution in [2.75, 3.05) is 13.2 Å². The van der Waals surface area contributed by atoms with Gasteiger partial charge in [0.25, 0.3) is 5.91 Å². The number of carbonyl (C=O) groups is 2. The fourth-order valence-electron chi connectivity index (χ4n) is 6.03. The van der Waals surface area contributed by atoms with E-state index in [2.05, 4.69) is 5.32 Å².